The number of pyridine rings is 1. The predicted molar refractivity (Wildman–Crippen MR) is 118 cm³/mol. The van der Waals surface area contributed by atoms with Crippen molar-refractivity contribution in [3.8, 4) is 0 Å². The molecule has 1 fully saturated rings. The van der Waals surface area contributed by atoms with Gasteiger partial charge in [-0.2, -0.15) is 13.2 Å². The molecule has 1 saturated heterocycles. The first-order chi connectivity index (χ1) is 15.8. The third-order valence-corrected chi connectivity index (χ3v) is 6.29. The molecule has 6 nitrogen and oxygen atoms in total. The van der Waals surface area contributed by atoms with E-state index in [0.29, 0.717) is 25.9 Å². The quantitative estimate of drug-likeness (QED) is 0.502. The van der Waals surface area contributed by atoms with E-state index in [-0.39, 0.29) is 23.4 Å². The lowest BCUT2D eigenvalue weighted by molar-refractivity contribution is -0.136. The number of H-pyrrole nitrogens is 1. The maximum Gasteiger partial charge on any atom is 0.418 e. The summed E-state index contributed by atoms with van der Waals surface area (Å²) >= 11 is 0. The zero-order valence-corrected chi connectivity index (χ0v) is 17.6. The van der Waals surface area contributed by atoms with Gasteiger partial charge in [-0.1, -0.05) is 24.3 Å². The summed E-state index contributed by atoms with van der Waals surface area (Å²) in [4.78, 5) is 33.7. The van der Waals surface area contributed by atoms with Crippen LogP contribution in [0.15, 0.2) is 59.7 Å². The van der Waals surface area contributed by atoms with Crippen molar-refractivity contribution in [1.82, 2.24) is 19.4 Å². The number of carbonyl (C=O) groups excluding carboxylic acids is 1. The zero-order chi connectivity index (χ0) is 23.2. The summed E-state index contributed by atoms with van der Waals surface area (Å²) in [5, 5.41) is 2.00. The van der Waals surface area contributed by atoms with Crippen molar-refractivity contribution in [2.24, 2.45) is 0 Å². The van der Waals surface area contributed by atoms with Crippen molar-refractivity contribution in [3.05, 3.63) is 76.5 Å². The summed E-state index contributed by atoms with van der Waals surface area (Å²) in [6.45, 7) is 0.766. The molecule has 1 amide bonds. The normalized spacial score (nSPS) is 15.4. The van der Waals surface area contributed by atoms with Crippen LogP contribution in [0.3, 0.4) is 0 Å². The van der Waals surface area contributed by atoms with Gasteiger partial charge in [0.15, 0.2) is 0 Å². The molecule has 0 bridgehead atoms. The Hall–Kier alpha value is -3.62. The Morgan fingerprint density at radius 3 is 2.64 bits per heavy atom. The molecule has 4 aromatic rings. The Morgan fingerprint density at radius 2 is 1.88 bits per heavy atom. The molecule has 1 N–H and O–H groups in total. The average molecular weight is 454 g/mol. The number of hydrogen-bond donors (Lipinski definition) is 1. The molecule has 0 spiro atoms. The van der Waals surface area contributed by atoms with Crippen molar-refractivity contribution >= 4 is 27.7 Å². The van der Waals surface area contributed by atoms with Crippen LogP contribution in [0.1, 0.15) is 30.0 Å². The molecule has 0 aliphatic carbocycles. The van der Waals surface area contributed by atoms with Crippen LogP contribution in [0, 0.1) is 0 Å². The van der Waals surface area contributed by atoms with Gasteiger partial charge in [-0.15, -0.1) is 0 Å². The largest absolute Gasteiger partial charge is 0.418 e. The van der Waals surface area contributed by atoms with Gasteiger partial charge < -0.3 is 9.88 Å². The minimum Gasteiger partial charge on any atom is -0.342 e. The number of carbonyl (C=O) groups is 1. The van der Waals surface area contributed by atoms with Gasteiger partial charge >= 0.3 is 11.9 Å². The second-order valence-corrected chi connectivity index (χ2v) is 8.35. The van der Waals surface area contributed by atoms with E-state index in [2.05, 4.69) is 9.97 Å². The number of para-hydroxylation sites is 1. The minimum absolute atomic E-state index is 0.0379. The number of aromatic nitrogens is 3. The molecule has 0 saturated carbocycles. The molecular formula is C24H21F3N4O2. The summed E-state index contributed by atoms with van der Waals surface area (Å²) in [5.74, 6) is -0.0379. The second-order valence-electron chi connectivity index (χ2n) is 8.35. The molecule has 0 unspecified atom stereocenters. The Morgan fingerprint density at radius 1 is 1.09 bits per heavy atom. The van der Waals surface area contributed by atoms with E-state index in [0.717, 1.165) is 22.4 Å². The SMILES string of the molecule is O=C(Cc1ccc2cnccc2c1)N1CCC(n2c(=O)[nH]c3cccc(C(F)(F)F)c32)CC1. The first kappa shape index (κ1) is 21.2. The third kappa shape index (κ3) is 3.99. The third-order valence-electron chi connectivity index (χ3n) is 6.29. The van der Waals surface area contributed by atoms with Crippen LogP contribution < -0.4 is 5.69 Å². The first-order valence-corrected chi connectivity index (χ1v) is 10.7. The lowest BCUT2D eigenvalue weighted by Crippen LogP contribution is -2.41. The van der Waals surface area contributed by atoms with Gasteiger partial charge in [-0.25, -0.2) is 4.79 Å². The van der Waals surface area contributed by atoms with Gasteiger partial charge in [0.2, 0.25) is 5.91 Å². The molecule has 170 valence electrons. The molecule has 1 aliphatic rings. The van der Waals surface area contributed by atoms with Crippen LogP contribution in [0.25, 0.3) is 21.8 Å². The summed E-state index contributed by atoms with van der Waals surface area (Å²) in [6.07, 6.45) is -0.0306. The van der Waals surface area contributed by atoms with Crippen LogP contribution >= 0.6 is 0 Å². The van der Waals surface area contributed by atoms with Crippen LogP contribution in [-0.2, 0) is 17.4 Å². The van der Waals surface area contributed by atoms with E-state index in [1.165, 1.54) is 16.7 Å². The summed E-state index contributed by atoms with van der Waals surface area (Å²) in [7, 11) is 0. The summed E-state index contributed by atoms with van der Waals surface area (Å²) in [5.41, 5.74) is -0.450. The highest BCUT2D eigenvalue weighted by molar-refractivity contribution is 5.85. The number of imidazole rings is 1. The topological polar surface area (TPSA) is 71.0 Å². The number of halogens is 3. The van der Waals surface area contributed by atoms with Crippen LogP contribution in [0.4, 0.5) is 13.2 Å². The summed E-state index contributed by atoms with van der Waals surface area (Å²) in [6, 6.07) is 11.0. The van der Waals surface area contributed by atoms with E-state index >= 15 is 0 Å². The van der Waals surface area contributed by atoms with Gasteiger partial charge in [0.25, 0.3) is 0 Å². The molecule has 9 heteroatoms. The highest BCUT2D eigenvalue weighted by atomic mass is 19.4. The molecular weight excluding hydrogens is 433 g/mol. The highest BCUT2D eigenvalue weighted by Crippen LogP contribution is 2.36. The van der Waals surface area contributed by atoms with Crippen molar-refractivity contribution in [1.29, 1.82) is 0 Å². The molecule has 33 heavy (non-hydrogen) atoms. The van der Waals surface area contributed by atoms with Crippen molar-refractivity contribution in [2.45, 2.75) is 31.5 Å². The Bertz CT molecular complexity index is 1400. The van der Waals surface area contributed by atoms with Gasteiger partial charge in [0.1, 0.15) is 0 Å². The zero-order valence-electron chi connectivity index (χ0n) is 17.6. The van der Waals surface area contributed by atoms with E-state index in [1.807, 2.05) is 24.3 Å². The number of piperidine rings is 1. The minimum atomic E-state index is -4.57. The lowest BCUT2D eigenvalue weighted by atomic mass is 10.0. The lowest BCUT2D eigenvalue weighted by Gasteiger charge is -2.33. The number of benzene rings is 2. The van der Waals surface area contributed by atoms with E-state index in [9.17, 15) is 22.8 Å². The fourth-order valence-electron chi connectivity index (χ4n) is 4.66. The first-order valence-electron chi connectivity index (χ1n) is 10.7. The van der Waals surface area contributed by atoms with E-state index in [4.69, 9.17) is 0 Å². The monoisotopic (exact) mass is 454 g/mol. The van der Waals surface area contributed by atoms with Gasteiger partial charge in [-0.05, 0) is 42.0 Å². The number of aromatic amines is 1. The van der Waals surface area contributed by atoms with Gasteiger partial charge in [-0.3, -0.25) is 14.3 Å². The number of amides is 1. The number of nitrogens with zero attached hydrogens (tertiary/aromatic N) is 3. The number of rotatable bonds is 3. The van der Waals surface area contributed by atoms with Crippen LogP contribution in [-0.4, -0.2) is 38.4 Å². The fourth-order valence-corrected chi connectivity index (χ4v) is 4.66. The Kier molecular flexibility index (Phi) is 5.19. The maximum absolute atomic E-state index is 13.6. The molecule has 5 rings (SSSR count). The number of nitrogens with one attached hydrogen (secondary N) is 1. The molecule has 1 aliphatic heterocycles. The predicted octanol–water partition coefficient (Wildman–Crippen LogP) is 4.30. The van der Waals surface area contributed by atoms with Crippen molar-refractivity contribution in [3.63, 3.8) is 0 Å². The molecule has 0 radical (unpaired) electrons. The number of hydrogen-bond acceptors (Lipinski definition) is 3. The molecule has 3 heterocycles. The number of alkyl halides is 3. The van der Waals surface area contributed by atoms with Gasteiger partial charge in [0.05, 0.1) is 23.0 Å². The number of likely N-dealkylation sites (tertiary alicyclic amines) is 1. The number of fused-ring (bicyclic) bond motifs is 2. The molecule has 2 aromatic heterocycles. The van der Waals surface area contributed by atoms with E-state index < -0.39 is 23.5 Å². The summed E-state index contributed by atoms with van der Waals surface area (Å²) < 4.78 is 41.9. The maximum atomic E-state index is 13.6. The van der Waals surface area contributed by atoms with Crippen molar-refractivity contribution < 1.29 is 18.0 Å². The van der Waals surface area contributed by atoms with Crippen LogP contribution in [0.2, 0.25) is 0 Å². The highest BCUT2D eigenvalue weighted by Gasteiger charge is 2.36. The smallest absolute Gasteiger partial charge is 0.342 e. The molecule has 2 aromatic carbocycles. The average Bonchev–Trinajstić information content (AvgIpc) is 3.14. The Labute approximate surface area is 186 Å². The second kappa shape index (κ2) is 8.06. The van der Waals surface area contributed by atoms with Crippen molar-refractivity contribution in [2.75, 3.05) is 13.1 Å². The van der Waals surface area contributed by atoms with Crippen LogP contribution in [0.5, 0.6) is 0 Å². The standard InChI is InChI=1S/C24H21F3N4O2/c25-24(26,27)19-2-1-3-20-22(19)31(23(33)29-20)18-7-10-30(11-8-18)21(32)13-15-4-5-17-14-28-9-6-16(17)12-15/h1-6,9,12,14,18H,7-8,10-11,13H2,(H,29,33). The fraction of sp³-hybridized carbons (Fsp3) is 0.292. The van der Waals surface area contributed by atoms with E-state index in [1.54, 1.807) is 17.3 Å². The molecule has 0 atom stereocenters. The Balaban J connectivity index is 1.33. The van der Waals surface area contributed by atoms with Gasteiger partial charge in [0, 0.05) is 36.9 Å².